The number of fused-ring (bicyclic) bond motifs is 1. The van der Waals surface area contributed by atoms with Crippen LogP contribution < -0.4 is 16.2 Å². The molecule has 9 nitrogen and oxygen atoms in total. The van der Waals surface area contributed by atoms with Crippen LogP contribution in [0.4, 0.5) is 0 Å². The third-order valence-electron chi connectivity index (χ3n) is 6.36. The number of ether oxygens (including phenoxy) is 2. The van der Waals surface area contributed by atoms with Gasteiger partial charge in [-0.25, -0.2) is 4.98 Å². The van der Waals surface area contributed by atoms with E-state index in [2.05, 4.69) is 34.0 Å². The van der Waals surface area contributed by atoms with Gasteiger partial charge in [-0.05, 0) is 55.7 Å². The summed E-state index contributed by atoms with van der Waals surface area (Å²) in [6.45, 7) is 11.2. The van der Waals surface area contributed by atoms with E-state index in [1.807, 2.05) is 32.1 Å². The molecule has 1 aliphatic rings. The number of unbranched alkanes of at least 4 members (excludes halogenated alkanes) is 1. The number of allylic oxidation sites excluding steroid dienone is 3. The van der Waals surface area contributed by atoms with Crippen LogP contribution in [0.25, 0.3) is 22.0 Å². The van der Waals surface area contributed by atoms with Crippen LogP contribution in [0.2, 0.25) is 0 Å². The van der Waals surface area contributed by atoms with E-state index in [9.17, 15) is 4.79 Å². The Morgan fingerprint density at radius 1 is 1.27 bits per heavy atom. The van der Waals surface area contributed by atoms with Crippen LogP contribution in [-0.2, 0) is 9.53 Å². The molecule has 1 aromatic carbocycles. The van der Waals surface area contributed by atoms with Crippen molar-refractivity contribution in [2.45, 2.75) is 60.0 Å². The van der Waals surface area contributed by atoms with E-state index in [-0.39, 0.29) is 6.10 Å². The van der Waals surface area contributed by atoms with Gasteiger partial charge in [-0.15, -0.1) is 0 Å². The van der Waals surface area contributed by atoms with E-state index >= 15 is 0 Å². The standard InChI is InChI=1S/C24H28N6O3.C4H10/c1-13-4-5-20-18(11-28-30-20)21(13)17(22(25)15(3)23(26)31)10-14(2)19-6-8-27-24(29-19)33-16-7-9-32-12-16;1-3-4-2/h4-6,8,10-11,15-16H,7,9,12,25H2,1-3H3,(H2,26,31)(H,28,30);3-4H2,1-2H3/b14-10+,22-17-;. The number of carbonyl (C=O) groups excluding carboxylic acids is 1. The number of hydrogen-bond acceptors (Lipinski definition) is 7. The van der Waals surface area contributed by atoms with Crippen LogP contribution in [-0.4, -0.2) is 45.4 Å². The van der Waals surface area contributed by atoms with Crippen molar-refractivity contribution >= 4 is 28.0 Å². The van der Waals surface area contributed by atoms with Crippen molar-refractivity contribution in [1.29, 1.82) is 0 Å². The summed E-state index contributed by atoms with van der Waals surface area (Å²) in [6, 6.07) is 6.05. The Labute approximate surface area is 218 Å². The van der Waals surface area contributed by atoms with Gasteiger partial charge in [0.1, 0.15) is 6.10 Å². The zero-order valence-electron chi connectivity index (χ0n) is 22.4. The average Bonchev–Trinajstić information content (AvgIpc) is 3.59. The topological polar surface area (TPSA) is 142 Å². The lowest BCUT2D eigenvalue weighted by Gasteiger charge is -2.17. The number of benzene rings is 1. The maximum atomic E-state index is 12.0. The first kappa shape index (κ1) is 27.9. The van der Waals surface area contributed by atoms with Crippen LogP contribution in [0.1, 0.15) is 63.8 Å². The Hall–Kier alpha value is -3.72. The van der Waals surface area contributed by atoms with Crippen LogP contribution >= 0.6 is 0 Å². The number of rotatable bonds is 8. The van der Waals surface area contributed by atoms with E-state index in [1.54, 1.807) is 25.4 Å². The molecule has 1 fully saturated rings. The molecule has 0 bridgehead atoms. The molecule has 5 N–H and O–H groups in total. The maximum absolute atomic E-state index is 12.0. The largest absolute Gasteiger partial charge is 0.458 e. The van der Waals surface area contributed by atoms with Crippen LogP contribution in [0.5, 0.6) is 6.01 Å². The maximum Gasteiger partial charge on any atom is 0.317 e. The number of H-pyrrole nitrogens is 1. The molecule has 0 saturated carbocycles. The monoisotopic (exact) mass is 506 g/mol. The minimum absolute atomic E-state index is 0.0478. The minimum Gasteiger partial charge on any atom is -0.458 e. The highest BCUT2D eigenvalue weighted by atomic mass is 16.6. The van der Waals surface area contributed by atoms with Gasteiger partial charge in [0.25, 0.3) is 0 Å². The van der Waals surface area contributed by atoms with Gasteiger partial charge in [0.2, 0.25) is 5.91 Å². The highest BCUT2D eigenvalue weighted by Crippen LogP contribution is 2.33. The van der Waals surface area contributed by atoms with Gasteiger partial charge >= 0.3 is 6.01 Å². The smallest absolute Gasteiger partial charge is 0.317 e. The number of nitrogens with zero attached hydrogens (tertiary/aromatic N) is 3. The Kier molecular flexibility index (Phi) is 9.79. The molecule has 3 heterocycles. The van der Waals surface area contributed by atoms with Gasteiger partial charge in [0, 0.05) is 29.3 Å². The van der Waals surface area contributed by atoms with Crippen LogP contribution in [0.15, 0.2) is 42.4 Å². The Balaban J connectivity index is 0.000000886. The zero-order chi connectivity index (χ0) is 26.9. The predicted octanol–water partition coefficient (Wildman–Crippen LogP) is 4.53. The molecule has 1 saturated heterocycles. The summed E-state index contributed by atoms with van der Waals surface area (Å²) >= 11 is 0. The fraction of sp³-hybridized carbons (Fsp3) is 0.429. The minimum atomic E-state index is -0.655. The summed E-state index contributed by atoms with van der Waals surface area (Å²) in [4.78, 5) is 20.8. The first-order valence-corrected chi connectivity index (χ1v) is 12.7. The van der Waals surface area contributed by atoms with Crippen molar-refractivity contribution in [2.75, 3.05) is 13.2 Å². The second-order valence-electron chi connectivity index (χ2n) is 9.24. The van der Waals surface area contributed by atoms with E-state index < -0.39 is 11.8 Å². The summed E-state index contributed by atoms with van der Waals surface area (Å²) in [5, 5.41) is 8.07. The summed E-state index contributed by atoms with van der Waals surface area (Å²) in [6.07, 6.45) is 8.74. The van der Waals surface area contributed by atoms with E-state index in [0.29, 0.717) is 36.2 Å². The molecular formula is C28H38N6O3. The van der Waals surface area contributed by atoms with Crippen molar-refractivity contribution in [3.05, 3.63) is 59.2 Å². The van der Waals surface area contributed by atoms with E-state index in [0.717, 1.165) is 34.0 Å². The number of nitrogens with two attached hydrogens (primary N) is 2. The molecule has 0 radical (unpaired) electrons. The lowest BCUT2D eigenvalue weighted by Crippen LogP contribution is -2.26. The van der Waals surface area contributed by atoms with Gasteiger partial charge in [0.15, 0.2) is 0 Å². The second kappa shape index (κ2) is 13.0. The quantitative estimate of drug-likeness (QED) is 0.381. The molecule has 1 amide bonds. The van der Waals surface area contributed by atoms with Crippen LogP contribution in [0, 0.1) is 12.8 Å². The van der Waals surface area contributed by atoms with Crippen molar-refractivity contribution < 1.29 is 14.3 Å². The second-order valence-corrected chi connectivity index (χ2v) is 9.24. The molecule has 0 aliphatic carbocycles. The zero-order valence-corrected chi connectivity index (χ0v) is 22.4. The Morgan fingerprint density at radius 2 is 2.03 bits per heavy atom. The van der Waals surface area contributed by atoms with E-state index in [4.69, 9.17) is 20.9 Å². The average molecular weight is 507 g/mol. The molecule has 2 aromatic heterocycles. The molecule has 3 aromatic rings. The summed E-state index contributed by atoms with van der Waals surface area (Å²) in [5.74, 6) is -1.15. The third kappa shape index (κ3) is 6.95. The molecule has 0 spiro atoms. The molecule has 4 rings (SSSR count). The number of hydrogen-bond donors (Lipinski definition) is 3. The van der Waals surface area contributed by atoms with Gasteiger partial charge < -0.3 is 20.9 Å². The van der Waals surface area contributed by atoms with Crippen molar-refractivity contribution in [1.82, 2.24) is 20.2 Å². The SMILES string of the molecule is C/C(=C\C(=C(\N)C(C)C(N)=O)c1c(C)ccc2[nH]ncc12)c1ccnc(OC2CCOC2)n1.CCCC. The molecular weight excluding hydrogens is 468 g/mol. The van der Waals surface area contributed by atoms with Gasteiger partial charge in [-0.3, -0.25) is 9.89 Å². The summed E-state index contributed by atoms with van der Waals surface area (Å²) < 4.78 is 11.2. The molecule has 1 aliphatic heterocycles. The third-order valence-corrected chi connectivity index (χ3v) is 6.36. The lowest BCUT2D eigenvalue weighted by atomic mass is 9.90. The molecule has 37 heavy (non-hydrogen) atoms. The Morgan fingerprint density at radius 3 is 2.68 bits per heavy atom. The molecule has 2 unspecified atom stereocenters. The molecule has 9 heteroatoms. The fourth-order valence-electron chi connectivity index (χ4n) is 3.83. The van der Waals surface area contributed by atoms with E-state index in [1.165, 1.54) is 12.8 Å². The van der Waals surface area contributed by atoms with Gasteiger partial charge in [-0.2, -0.15) is 10.1 Å². The summed E-state index contributed by atoms with van der Waals surface area (Å²) in [7, 11) is 0. The fourth-order valence-corrected chi connectivity index (χ4v) is 3.83. The number of nitrogens with one attached hydrogen (secondary N) is 1. The van der Waals surface area contributed by atoms with Crippen molar-refractivity contribution in [3.8, 4) is 6.01 Å². The predicted molar refractivity (Wildman–Crippen MR) is 146 cm³/mol. The first-order valence-electron chi connectivity index (χ1n) is 12.7. The number of carbonyl (C=O) groups is 1. The van der Waals surface area contributed by atoms with Crippen molar-refractivity contribution in [3.63, 3.8) is 0 Å². The first-order chi connectivity index (χ1) is 17.8. The lowest BCUT2D eigenvalue weighted by molar-refractivity contribution is -0.120. The summed E-state index contributed by atoms with van der Waals surface area (Å²) in [5.41, 5.74) is 17.5. The van der Waals surface area contributed by atoms with Crippen LogP contribution in [0.3, 0.4) is 0 Å². The highest BCUT2D eigenvalue weighted by molar-refractivity contribution is 5.99. The Bertz CT molecular complexity index is 1270. The highest BCUT2D eigenvalue weighted by Gasteiger charge is 2.21. The number of aromatic amines is 1. The molecule has 2 atom stereocenters. The normalized spacial score (nSPS) is 17.1. The number of amides is 1. The number of aryl methyl sites for hydroxylation is 1. The van der Waals surface area contributed by atoms with Gasteiger partial charge in [-0.1, -0.05) is 32.8 Å². The number of primary amides is 1. The number of aromatic nitrogens is 4. The molecule has 198 valence electrons. The van der Waals surface area contributed by atoms with Crippen molar-refractivity contribution in [2.24, 2.45) is 17.4 Å². The van der Waals surface area contributed by atoms with Gasteiger partial charge in [0.05, 0.1) is 36.5 Å².